The number of imidazole rings is 1. The molecule has 18 heavy (non-hydrogen) atoms. The number of ether oxygens (including phenoxy) is 1. The maximum atomic E-state index is 12.2. The Morgan fingerprint density at radius 2 is 1.94 bits per heavy atom. The van der Waals surface area contributed by atoms with E-state index in [1.54, 1.807) is 31.4 Å². The molecule has 1 aromatic heterocycles. The maximum absolute atomic E-state index is 12.2. The summed E-state index contributed by atoms with van der Waals surface area (Å²) in [5.74, 6) is 0.672. The molecule has 0 fully saturated rings. The van der Waals surface area contributed by atoms with Crippen molar-refractivity contribution >= 4 is 15.7 Å². The van der Waals surface area contributed by atoms with E-state index in [1.807, 2.05) is 0 Å². The standard InChI is InChI=1S/C11H13N3O3S/c1-14(9-3-5-10(17-2)6-4-9)18(15,16)11-7-12-8-13-11/h3-8H,1-2H3,(H,12,13). The lowest BCUT2D eigenvalue weighted by molar-refractivity contribution is 0.415. The third-order valence-corrected chi connectivity index (χ3v) is 4.26. The molecule has 7 heteroatoms. The Kier molecular flexibility index (Phi) is 3.24. The van der Waals surface area contributed by atoms with Gasteiger partial charge in [-0.15, -0.1) is 0 Å². The predicted molar refractivity (Wildman–Crippen MR) is 67.2 cm³/mol. The molecule has 0 radical (unpaired) electrons. The molecule has 0 bridgehead atoms. The smallest absolute Gasteiger partial charge is 0.281 e. The zero-order valence-electron chi connectivity index (χ0n) is 9.99. The first kappa shape index (κ1) is 12.4. The number of methoxy groups -OCH3 is 1. The highest BCUT2D eigenvalue weighted by Gasteiger charge is 2.22. The van der Waals surface area contributed by atoms with Gasteiger partial charge in [-0.1, -0.05) is 0 Å². The SMILES string of the molecule is COc1ccc(N(C)S(=O)(=O)c2cnc[nH]2)cc1. The summed E-state index contributed by atoms with van der Waals surface area (Å²) in [4.78, 5) is 6.30. The van der Waals surface area contributed by atoms with Crippen LogP contribution in [0.3, 0.4) is 0 Å². The van der Waals surface area contributed by atoms with Crippen molar-refractivity contribution in [2.75, 3.05) is 18.5 Å². The van der Waals surface area contributed by atoms with Gasteiger partial charge in [0.15, 0.2) is 5.03 Å². The zero-order chi connectivity index (χ0) is 13.2. The molecule has 0 aliphatic carbocycles. The highest BCUT2D eigenvalue weighted by Crippen LogP contribution is 2.22. The molecule has 0 atom stereocenters. The van der Waals surface area contributed by atoms with Gasteiger partial charge in [-0.3, -0.25) is 4.31 Å². The fraction of sp³-hybridized carbons (Fsp3) is 0.182. The maximum Gasteiger partial charge on any atom is 0.281 e. The molecule has 0 amide bonds. The first-order chi connectivity index (χ1) is 8.55. The van der Waals surface area contributed by atoms with E-state index < -0.39 is 10.0 Å². The number of benzene rings is 1. The van der Waals surface area contributed by atoms with E-state index in [1.165, 1.54) is 23.9 Å². The molecule has 0 unspecified atom stereocenters. The molecule has 0 saturated carbocycles. The van der Waals surface area contributed by atoms with Crippen molar-refractivity contribution < 1.29 is 13.2 Å². The average molecular weight is 267 g/mol. The van der Waals surface area contributed by atoms with E-state index in [0.29, 0.717) is 11.4 Å². The van der Waals surface area contributed by atoms with Crippen molar-refractivity contribution in [3.05, 3.63) is 36.8 Å². The van der Waals surface area contributed by atoms with Gasteiger partial charge in [0.1, 0.15) is 5.75 Å². The van der Waals surface area contributed by atoms with Gasteiger partial charge in [0.05, 0.1) is 25.3 Å². The van der Waals surface area contributed by atoms with Gasteiger partial charge in [0.2, 0.25) is 0 Å². The quantitative estimate of drug-likeness (QED) is 0.904. The summed E-state index contributed by atoms with van der Waals surface area (Å²) < 4.78 is 30.5. The Hall–Kier alpha value is -2.02. The molecule has 1 aromatic carbocycles. The van der Waals surface area contributed by atoms with E-state index >= 15 is 0 Å². The van der Waals surface area contributed by atoms with Crippen LogP contribution in [0.2, 0.25) is 0 Å². The van der Waals surface area contributed by atoms with Crippen molar-refractivity contribution in [2.45, 2.75) is 5.03 Å². The molecule has 0 aliphatic rings. The second kappa shape index (κ2) is 4.69. The highest BCUT2D eigenvalue weighted by molar-refractivity contribution is 7.92. The molecule has 1 N–H and O–H groups in total. The number of rotatable bonds is 4. The fourth-order valence-electron chi connectivity index (χ4n) is 1.46. The second-order valence-electron chi connectivity index (χ2n) is 3.59. The first-order valence-electron chi connectivity index (χ1n) is 5.17. The topological polar surface area (TPSA) is 75.3 Å². The minimum absolute atomic E-state index is 0.0563. The van der Waals surface area contributed by atoms with E-state index in [4.69, 9.17) is 4.74 Å². The van der Waals surface area contributed by atoms with Crippen molar-refractivity contribution in [3.63, 3.8) is 0 Å². The molecule has 0 spiro atoms. The Bertz CT molecular complexity index is 605. The molecule has 0 saturated heterocycles. The molecule has 1 heterocycles. The van der Waals surface area contributed by atoms with Crippen molar-refractivity contribution in [3.8, 4) is 5.75 Å². The van der Waals surface area contributed by atoms with Crippen LogP contribution in [0.25, 0.3) is 0 Å². The number of aromatic nitrogens is 2. The largest absolute Gasteiger partial charge is 0.497 e. The second-order valence-corrected chi connectivity index (χ2v) is 5.52. The van der Waals surface area contributed by atoms with Gasteiger partial charge in [0, 0.05) is 7.05 Å². The number of hydrogen-bond donors (Lipinski definition) is 1. The van der Waals surface area contributed by atoms with Gasteiger partial charge in [-0.05, 0) is 24.3 Å². The normalized spacial score (nSPS) is 11.2. The van der Waals surface area contributed by atoms with E-state index in [-0.39, 0.29) is 5.03 Å². The number of anilines is 1. The number of nitrogens with zero attached hydrogens (tertiary/aromatic N) is 2. The van der Waals surface area contributed by atoms with Gasteiger partial charge >= 0.3 is 0 Å². The number of nitrogens with one attached hydrogen (secondary N) is 1. The Balaban J connectivity index is 2.33. The van der Waals surface area contributed by atoms with Crippen LogP contribution < -0.4 is 9.04 Å². The summed E-state index contributed by atoms with van der Waals surface area (Å²) >= 11 is 0. The van der Waals surface area contributed by atoms with Crippen LogP contribution in [0.4, 0.5) is 5.69 Å². The summed E-state index contributed by atoms with van der Waals surface area (Å²) in [6, 6.07) is 6.75. The zero-order valence-corrected chi connectivity index (χ0v) is 10.8. The molecule has 2 rings (SSSR count). The Morgan fingerprint density at radius 1 is 1.28 bits per heavy atom. The van der Waals surface area contributed by atoms with Gasteiger partial charge in [-0.25, -0.2) is 4.98 Å². The predicted octanol–water partition coefficient (Wildman–Crippen LogP) is 1.24. The number of aromatic amines is 1. The lowest BCUT2D eigenvalue weighted by atomic mass is 10.3. The molecule has 2 aromatic rings. The molecular formula is C11H13N3O3S. The van der Waals surface area contributed by atoms with Crippen molar-refractivity contribution in [1.29, 1.82) is 0 Å². The monoisotopic (exact) mass is 267 g/mol. The van der Waals surface area contributed by atoms with Crippen LogP contribution >= 0.6 is 0 Å². The van der Waals surface area contributed by atoms with Crippen LogP contribution in [0.15, 0.2) is 41.8 Å². The number of H-pyrrole nitrogens is 1. The molecule has 0 aliphatic heterocycles. The summed E-state index contributed by atoms with van der Waals surface area (Å²) in [6.07, 6.45) is 2.60. The average Bonchev–Trinajstić information content (AvgIpc) is 2.92. The first-order valence-corrected chi connectivity index (χ1v) is 6.61. The van der Waals surface area contributed by atoms with E-state index in [9.17, 15) is 8.42 Å². The van der Waals surface area contributed by atoms with Gasteiger partial charge in [-0.2, -0.15) is 8.42 Å². The van der Waals surface area contributed by atoms with Crippen LogP contribution in [0.1, 0.15) is 0 Å². The van der Waals surface area contributed by atoms with Crippen LogP contribution in [0, 0.1) is 0 Å². The van der Waals surface area contributed by atoms with Crippen molar-refractivity contribution in [2.24, 2.45) is 0 Å². The fourth-order valence-corrected chi connectivity index (χ4v) is 2.55. The van der Waals surface area contributed by atoms with E-state index in [2.05, 4.69) is 9.97 Å². The van der Waals surface area contributed by atoms with Crippen molar-refractivity contribution in [1.82, 2.24) is 9.97 Å². The Morgan fingerprint density at radius 3 is 2.44 bits per heavy atom. The summed E-state index contributed by atoms with van der Waals surface area (Å²) in [5.41, 5.74) is 0.547. The third-order valence-electron chi connectivity index (χ3n) is 2.55. The number of sulfonamides is 1. The van der Waals surface area contributed by atoms with Crippen LogP contribution in [-0.2, 0) is 10.0 Å². The summed E-state index contributed by atoms with van der Waals surface area (Å²) in [7, 11) is -0.554. The Labute approximate surface area is 105 Å². The van der Waals surface area contributed by atoms with Gasteiger partial charge < -0.3 is 9.72 Å². The van der Waals surface area contributed by atoms with Crippen LogP contribution in [0.5, 0.6) is 5.75 Å². The van der Waals surface area contributed by atoms with Gasteiger partial charge in [0.25, 0.3) is 10.0 Å². The van der Waals surface area contributed by atoms with Crippen LogP contribution in [-0.4, -0.2) is 32.5 Å². The number of hydrogen-bond acceptors (Lipinski definition) is 4. The summed E-state index contributed by atoms with van der Waals surface area (Å²) in [6.45, 7) is 0. The lowest BCUT2D eigenvalue weighted by Gasteiger charge is -2.18. The third kappa shape index (κ3) is 2.17. The highest BCUT2D eigenvalue weighted by atomic mass is 32.2. The lowest BCUT2D eigenvalue weighted by Crippen LogP contribution is -2.26. The molecule has 96 valence electrons. The molecular weight excluding hydrogens is 254 g/mol. The minimum atomic E-state index is -3.59. The summed E-state index contributed by atoms with van der Waals surface area (Å²) in [5, 5.41) is 0.0563. The minimum Gasteiger partial charge on any atom is -0.497 e. The van der Waals surface area contributed by atoms with E-state index in [0.717, 1.165) is 0 Å². The molecule has 6 nitrogen and oxygen atoms in total.